The maximum Gasteiger partial charge on any atom is 0.130 e. The highest BCUT2D eigenvalue weighted by atomic mass is 16.3. The smallest absolute Gasteiger partial charge is 0.130 e. The Kier molecular flexibility index (Phi) is 1.66. The molecule has 1 aromatic heterocycles. The van der Waals surface area contributed by atoms with Crippen molar-refractivity contribution in [3.63, 3.8) is 0 Å². The molecular weight excluding hydrogens is 166 g/mol. The van der Waals surface area contributed by atoms with E-state index in [1.54, 1.807) is 12.3 Å². The van der Waals surface area contributed by atoms with Gasteiger partial charge >= 0.3 is 0 Å². The Bertz CT molecular complexity index is 316. The summed E-state index contributed by atoms with van der Waals surface area (Å²) in [6.45, 7) is 3.07. The number of nitrogens with two attached hydrogens (primary N) is 1. The van der Waals surface area contributed by atoms with Crippen LogP contribution in [0.3, 0.4) is 0 Å². The first-order valence-electron chi connectivity index (χ1n) is 4.26. The number of aliphatic hydroxyl groups is 1. The second-order valence-electron chi connectivity index (χ2n) is 3.80. The highest BCUT2D eigenvalue weighted by Gasteiger charge is 2.37. The monoisotopic (exact) mass is 179 g/mol. The molecule has 0 radical (unpaired) electrons. The lowest BCUT2D eigenvalue weighted by molar-refractivity contribution is 0.0305. The van der Waals surface area contributed by atoms with E-state index in [0.717, 1.165) is 5.82 Å². The highest BCUT2D eigenvalue weighted by molar-refractivity contribution is 5.52. The minimum absolute atomic E-state index is 0.563. The quantitative estimate of drug-likeness (QED) is 0.648. The van der Waals surface area contributed by atoms with Crippen LogP contribution >= 0.6 is 0 Å². The molecule has 2 rings (SSSR count). The predicted octanol–water partition coefficient (Wildman–Crippen LogP) is 0.235. The van der Waals surface area contributed by atoms with Crippen molar-refractivity contribution in [1.29, 1.82) is 0 Å². The fraction of sp³-hybridized carbons (Fsp3) is 0.444. The fourth-order valence-electron chi connectivity index (χ4n) is 1.55. The third-order valence-electron chi connectivity index (χ3n) is 2.16. The van der Waals surface area contributed by atoms with Gasteiger partial charge in [-0.05, 0) is 13.0 Å². The van der Waals surface area contributed by atoms with Crippen LogP contribution in [0.1, 0.15) is 6.92 Å². The molecule has 0 atom stereocenters. The van der Waals surface area contributed by atoms with Crippen molar-refractivity contribution in [2.75, 3.05) is 23.7 Å². The van der Waals surface area contributed by atoms with Crippen molar-refractivity contribution >= 4 is 11.5 Å². The Labute approximate surface area is 77.0 Å². The molecule has 0 spiro atoms. The third kappa shape index (κ3) is 1.58. The summed E-state index contributed by atoms with van der Waals surface area (Å²) in [5.41, 5.74) is 5.76. The van der Waals surface area contributed by atoms with Crippen molar-refractivity contribution in [1.82, 2.24) is 4.98 Å². The Morgan fingerprint density at radius 1 is 1.62 bits per heavy atom. The average molecular weight is 179 g/mol. The molecule has 1 saturated heterocycles. The van der Waals surface area contributed by atoms with Crippen molar-refractivity contribution in [3.05, 3.63) is 18.3 Å². The highest BCUT2D eigenvalue weighted by Crippen LogP contribution is 2.26. The number of nitrogen functional groups attached to an aromatic ring is 1. The van der Waals surface area contributed by atoms with Gasteiger partial charge in [-0.25, -0.2) is 4.98 Å². The van der Waals surface area contributed by atoms with Crippen LogP contribution in [0.25, 0.3) is 0 Å². The van der Waals surface area contributed by atoms with E-state index in [9.17, 15) is 5.11 Å². The summed E-state index contributed by atoms with van der Waals surface area (Å²) >= 11 is 0. The largest absolute Gasteiger partial charge is 0.399 e. The predicted molar refractivity (Wildman–Crippen MR) is 51.5 cm³/mol. The second kappa shape index (κ2) is 2.60. The van der Waals surface area contributed by atoms with Gasteiger partial charge in [0, 0.05) is 31.0 Å². The van der Waals surface area contributed by atoms with Gasteiger partial charge in [0.05, 0.1) is 5.60 Å². The van der Waals surface area contributed by atoms with E-state index in [-0.39, 0.29) is 0 Å². The van der Waals surface area contributed by atoms with Crippen molar-refractivity contribution in [2.45, 2.75) is 12.5 Å². The van der Waals surface area contributed by atoms with E-state index < -0.39 is 5.60 Å². The maximum atomic E-state index is 9.51. The Hall–Kier alpha value is -1.29. The number of β-amino-alcohol motifs (C(OH)–C–C–N with tert-alkyl or cyclic N) is 1. The standard InChI is InChI=1S/C9H13N3O/c1-9(13)5-12(6-9)8-4-7(10)2-3-11-8/h2-4,13H,5-6H2,1H3,(H2,10,11). The van der Waals surface area contributed by atoms with E-state index in [1.165, 1.54) is 0 Å². The molecule has 1 fully saturated rings. The Morgan fingerprint density at radius 2 is 2.31 bits per heavy atom. The lowest BCUT2D eigenvalue weighted by atomic mass is 9.97. The first kappa shape index (κ1) is 8.31. The number of hydrogen-bond acceptors (Lipinski definition) is 4. The number of hydrogen-bond donors (Lipinski definition) is 2. The normalized spacial score (nSPS) is 19.7. The molecule has 70 valence electrons. The molecule has 1 aliphatic rings. The zero-order valence-electron chi connectivity index (χ0n) is 7.57. The van der Waals surface area contributed by atoms with Crippen molar-refractivity contribution in [2.24, 2.45) is 0 Å². The van der Waals surface area contributed by atoms with E-state index in [0.29, 0.717) is 18.8 Å². The van der Waals surface area contributed by atoms with Crippen LogP contribution in [0.2, 0.25) is 0 Å². The summed E-state index contributed by atoms with van der Waals surface area (Å²) < 4.78 is 0. The van der Waals surface area contributed by atoms with Crippen LogP contribution in [0.4, 0.5) is 11.5 Å². The number of nitrogens with zero attached hydrogens (tertiary/aromatic N) is 2. The van der Waals surface area contributed by atoms with E-state index in [4.69, 9.17) is 5.73 Å². The first-order chi connectivity index (χ1) is 6.07. The van der Waals surface area contributed by atoms with Crippen LogP contribution < -0.4 is 10.6 Å². The third-order valence-corrected chi connectivity index (χ3v) is 2.16. The summed E-state index contributed by atoms with van der Waals surface area (Å²) in [7, 11) is 0. The summed E-state index contributed by atoms with van der Waals surface area (Å²) in [5.74, 6) is 0.839. The lowest BCUT2D eigenvalue weighted by Gasteiger charge is -2.44. The van der Waals surface area contributed by atoms with Gasteiger partial charge < -0.3 is 15.7 Å². The molecule has 1 aromatic rings. The fourth-order valence-corrected chi connectivity index (χ4v) is 1.55. The van der Waals surface area contributed by atoms with Gasteiger partial charge in [-0.2, -0.15) is 0 Å². The number of pyridine rings is 1. The lowest BCUT2D eigenvalue weighted by Crippen LogP contribution is -2.60. The molecular formula is C9H13N3O. The van der Waals surface area contributed by atoms with E-state index in [2.05, 4.69) is 4.98 Å². The van der Waals surface area contributed by atoms with Gasteiger partial charge in [0.15, 0.2) is 0 Å². The molecule has 0 amide bonds. The van der Waals surface area contributed by atoms with Gasteiger partial charge in [-0.3, -0.25) is 0 Å². The van der Waals surface area contributed by atoms with Crippen LogP contribution in [-0.4, -0.2) is 28.8 Å². The summed E-state index contributed by atoms with van der Waals surface area (Å²) in [5, 5.41) is 9.51. The van der Waals surface area contributed by atoms with Crippen LogP contribution in [-0.2, 0) is 0 Å². The van der Waals surface area contributed by atoms with E-state index in [1.807, 2.05) is 17.9 Å². The van der Waals surface area contributed by atoms with Gasteiger partial charge in [-0.15, -0.1) is 0 Å². The number of anilines is 2. The Morgan fingerprint density at radius 3 is 2.85 bits per heavy atom. The van der Waals surface area contributed by atoms with E-state index >= 15 is 0 Å². The summed E-state index contributed by atoms with van der Waals surface area (Å²) in [6, 6.07) is 3.57. The van der Waals surface area contributed by atoms with Gasteiger partial charge in [0.2, 0.25) is 0 Å². The molecule has 0 bridgehead atoms. The van der Waals surface area contributed by atoms with Crippen LogP contribution in [0.15, 0.2) is 18.3 Å². The molecule has 0 aliphatic carbocycles. The molecule has 0 unspecified atom stereocenters. The average Bonchev–Trinajstić information content (AvgIpc) is 2.00. The SMILES string of the molecule is CC1(O)CN(c2cc(N)ccn2)C1. The zero-order chi connectivity index (χ0) is 9.47. The minimum Gasteiger partial charge on any atom is -0.399 e. The second-order valence-corrected chi connectivity index (χ2v) is 3.80. The molecule has 4 nitrogen and oxygen atoms in total. The molecule has 0 aromatic carbocycles. The van der Waals surface area contributed by atoms with Gasteiger partial charge in [0.1, 0.15) is 5.82 Å². The van der Waals surface area contributed by atoms with Crippen molar-refractivity contribution < 1.29 is 5.11 Å². The molecule has 1 aliphatic heterocycles. The molecule has 13 heavy (non-hydrogen) atoms. The molecule has 3 N–H and O–H groups in total. The van der Waals surface area contributed by atoms with Gasteiger partial charge in [-0.1, -0.05) is 0 Å². The molecule has 2 heterocycles. The first-order valence-corrected chi connectivity index (χ1v) is 4.26. The summed E-state index contributed by atoms with van der Waals surface area (Å²) in [6.07, 6.45) is 1.68. The maximum absolute atomic E-state index is 9.51. The van der Waals surface area contributed by atoms with Crippen molar-refractivity contribution in [3.8, 4) is 0 Å². The molecule has 0 saturated carbocycles. The molecule has 4 heteroatoms. The Balaban J connectivity index is 2.11. The number of aromatic nitrogens is 1. The number of rotatable bonds is 1. The minimum atomic E-state index is -0.563. The zero-order valence-corrected chi connectivity index (χ0v) is 7.57. The van der Waals surface area contributed by atoms with Gasteiger partial charge in [0.25, 0.3) is 0 Å². The summed E-state index contributed by atoms with van der Waals surface area (Å²) in [4.78, 5) is 6.16. The van der Waals surface area contributed by atoms with Crippen LogP contribution in [0, 0.1) is 0 Å². The topological polar surface area (TPSA) is 62.4 Å². The van der Waals surface area contributed by atoms with Crippen LogP contribution in [0.5, 0.6) is 0 Å².